The van der Waals surface area contributed by atoms with Gasteiger partial charge in [-0.05, 0) is 69.6 Å². The number of likely N-dealkylation sites (tertiary alicyclic amines) is 1. The second kappa shape index (κ2) is 10.4. The number of phenols is 1. The Bertz CT molecular complexity index is 1180. The Morgan fingerprint density at radius 3 is 2.53 bits per heavy atom. The zero-order chi connectivity index (χ0) is 25.4. The maximum absolute atomic E-state index is 15.3. The molecule has 3 rings (SSSR count). The molecule has 1 fully saturated rings. The van der Waals surface area contributed by atoms with Crippen LogP contribution in [0.2, 0.25) is 10.0 Å². The molecule has 0 spiro atoms. The van der Waals surface area contributed by atoms with E-state index in [9.17, 15) is 18.9 Å². The van der Waals surface area contributed by atoms with E-state index in [4.69, 9.17) is 28.3 Å². The maximum atomic E-state index is 15.3. The highest BCUT2D eigenvalue weighted by Crippen LogP contribution is 2.45. The molecule has 1 amide bonds. The molecule has 1 aliphatic rings. The van der Waals surface area contributed by atoms with Gasteiger partial charge in [-0.3, -0.25) is 14.7 Å². The van der Waals surface area contributed by atoms with Gasteiger partial charge in [-0.15, -0.1) is 0 Å². The van der Waals surface area contributed by atoms with E-state index in [0.717, 1.165) is 0 Å². The second-order valence-corrected chi connectivity index (χ2v) is 11.8. The fourth-order valence-corrected chi connectivity index (χ4v) is 5.16. The van der Waals surface area contributed by atoms with Crippen molar-refractivity contribution in [3.63, 3.8) is 0 Å². The van der Waals surface area contributed by atoms with Crippen molar-refractivity contribution >= 4 is 40.1 Å². The van der Waals surface area contributed by atoms with Crippen LogP contribution >= 0.6 is 23.2 Å². The smallest absolute Gasteiger partial charge is 0.266 e. The van der Waals surface area contributed by atoms with E-state index in [1.807, 2.05) is 0 Å². The van der Waals surface area contributed by atoms with Gasteiger partial charge in [0.2, 0.25) is 0 Å². The summed E-state index contributed by atoms with van der Waals surface area (Å²) in [5, 5.41) is 16.2. The van der Waals surface area contributed by atoms with Crippen LogP contribution < -0.4 is 10.7 Å². The number of aromatic nitrogens is 1. The standard InChI is InChI=1S/C23H28Cl2FN3O4S/c1-12-8-17(30)18(20(26)19(12)25)15(10-23(2,3)34(27)33)13-4-6-29(7-5-13)22(32)14-9-16(24)21(31)28-11-14/h8-9,11,13,15,30H,4-7,10,27H2,1-3H3,(H,28,31)/t15-,34?/m1/s1. The lowest BCUT2D eigenvalue weighted by atomic mass is 9.75. The van der Waals surface area contributed by atoms with Crippen LogP contribution in [0.4, 0.5) is 4.39 Å². The lowest BCUT2D eigenvalue weighted by Crippen LogP contribution is -2.42. The molecule has 2 atom stereocenters. The number of hydrogen-bond acceptors (Lipinski definition) is 4. The van der Waals surface area contributed by atoms with Crippen LogP contribution in [0.5, 0.6) is 5.75 Å². The summed E-state index contributed by atoms with van der Waals surface area (Å²) in [5.41, 5.74) is 0.304. The Labute approximate surface area is 210 Å². The number of amides is 1. The van der Waals surface area contributed by atoms with Gasteiger partial charge >= 0.3 is 0 Å². The van der Waals surface area contributed by atoms with Crippen molar-refractivity contribution in [2.45, 2.75) is 50.7 Å². The number of phenolic OH excluding ortho intramolecular Hbond substituents is 1. The van der Waals surface area contributed by atoms with Crippen molar-refractivity contribution in [3.05, 3.63) is 61.2 Å². The molecule has 0 radical (unpaired) electrons. The number of hydrogen-bond donors (Lipinski definition) is 3. The van der Waals surface area contributed by atoms with Gasteiger partial charge in [0.1, 0.15) is 16.6 Å². The van der Waals surface area contributed by atoms with Crippen LogP contribution in [-0.2, 0) is 11.0 Å². The summed E-state index contributed by atoms with van der Waals surface area (Å²) in [7, 11) is -1.68. The van der Waals surface area contributed by atoms with Crippen LogP contribution in [0.1, 0.15) is 60.5 Å². The minimum absolute atomic E-state index is 0.0629. The number of piperidine rings is 1. The van der Waals surface area contributed by atoms with Gasteiger partial charge in [0.05, 0.1) is 26.3 Å². The molecule has 11 heteroatoms. The second-order valence-electron chi connectivity index (χ2n) is 9.32. The molecular formula is C23H28Cl2FN3O4S. The molecule has 1 saturated heterocycles. The largest absolute Gasteiger partial charge is 0.508 e. The van der Waals surface area contributed by atoms with E-state index < -0.39 is 33.0 Å². The maximum Gasteiger partial charge on any atom is 0.266 e. The third-order valence-electron chi connectivity index (χ3n) is 6.53. The van der Waals surface area contributed by atoms with Gasteiger partial charge in [0.25, 0.3) is 11.5 Å². The molecule has 0 bridgehead atoms. The van der Waals surface area contributed by atoms with Crippen molar-refractivity contribution in [1.82, 2.24) is 9.88 Å². The number of nitrogens with two attached hydrogens (primary N) is 1. The first-order valence-electron chi connectivity index (χ1n) is 10.8. The molecule has 186 valence electrons. The highest BCUT2D eigenvalue weighted by Gasteiger charge is 2.38. The van der Waals surface area contributed by atoms with Gasteiger partial charge in [0.15, 0.2) is 0 Å². The zero-order valence-corrected chi connectivity index (χ0v) is 21.5. The Morgan fingerprint density at radius 2 is 1.97 bits per heavy atom. The van der Waals surface area contributed by atoms with Crippen molar-refractivity contribution in [2.24, 2.45) is 11.1 Å². The average molecular weight is 532 g/mol. The van der Waals surface area contributed by atoms with Crippen LogP contribution in [0, 0.1) is 18.7 Å². The number of carbonyl (C=O) groups is 1. The summed E-state index contributed by atoms with van der Waals surface area (Å²) in [6.07, 6.45) is 2.62. The molecule has 1 aromatic carbocycles. The Balaban J connectivity index is 1.88. The molecular weight excluding hydrogens is 504 g/mol. The van der Waals surface area contributed by atoms with Crippen molar-refractivity contribution in [1.29, 1.82) is 0 Å². The first-order valence-corrected chi connectivity index (χ1v) is 12.8. The van der Waals surface area contributed by atoms with Crippen LogP contribution in [-0.4, -0.2) is 42.9 Å². The quantitative estimate of drug-likeness (QED) is 0.516. The number of nitrogens with one attached hydrogen (secondary N) is 1. The monoisotopic (exact) mass is 531 g/mol. The number of nitrogens with zero attached hydrogens (tertiary/aromatic N) is 1. The molecule has 0 saturated carbocycles. The summed E-state index contributed by atoms with van der Waals surface area (Å²) in [4.78, 5) is 28.4. The summed E-state index contributed by atoms with van der Waals surface area (Å²) < 4.78 is 26.6. The van der Waals surface area contributed by atoms with Gasteiger partial charge in [-0.25, -0.2) is 8.60 Å². The van der Waals surface area contributed by atoms with E-state index in [1.54, 1.807) is 25.7 Å². The Hall–Kier alpha value is -1.94. The van der Waals surface area contributed by atoms with E-state index >= 15 is 4.39 Å². The van der Waals surface area contributed by atoms with E-state index in [0.29, 0.717) is 31.5 Å². The summed E-state index contributed by atoms with van der Waals surface area (Å²) >= 11 is 12.0. The topological polar surface area (TPSA) is 116 Å². The first kappa shape index (κ1) is 26.7. The molecule has 4 N–H and O–H groups in total. The number of benzene rings is 1. The van der Waals surface area contributed by atoms with Crippen LogP contribution in [0.15, 0.2) is 23.1 Å². The highest BCUT2D eigenvalue weighted by molar-refractivity contribution is 7.84. The van der Waals surface area contributed by atoms with Gasteiger partial charge in [-0.2, -0.15) is 0 Å². The van der Waals surface area contributed by atoms with Crippen molar-refractivity contribution < 1.29 is 18.5 Å². The number of aromatic hydroxyl groups is 1. The summed E-state index contributed by atoms with van der Waals surface area (Å²) in [6, 6.07) is 2.76. The number of H-pyrrole nitrogens is 1. The van der Waals surface area contributed by atoms with Crippen LogP contribution in [0.25, 0.3) is 0 Å². The lowest BCUT2D eigenvalue weighted by Gasteiger charge is -2.39. The zero-order valence-electron chi connectivity index (χ0n) is 19.2. The van der Waals surface area contributed by atoms with Crippen LogP contribution in [0.3, 0.4) is 0 Å². The Kier molecular flexibility index (Phi) is 8.12. The Morgan fingerprint density at radius 1 is 1.35 bits per heavy atom. The number of pyridine rings is 1. The first-order chi connectivity index (χ1) is 15.8. The van der Waals surface area contributed by atoms with Crippen molar-refractivity contribution in [3.8, 4) is 5.75 Å². The predicted molar refractivity (Wildman–Crippen MR) is 132 cm³/mol. The number of carbonyl (C=O) groups excluding carboxylic acids is 1. The molecule has 1 unspecified atom stereocenters. The lowest BCUT2D eigenvalue weighted by molar-refractivity contribution is 0.0671. The fourth-order valence-electron chi connectivity index (χ4n) is 4.49. The molecule has 1 aliphatic heterocycles. The minimum Gasteiger partial charge on any atom is -0.508 e. The fraction of sp³-hybridized carbons (Fsp3) is 0.478. The summed E-state index contributed by atoms with van der Waals surface area (Å²) in [6.45, 7) is 5.84. The number of aryl methyl sites for hydroxylation is 1. The van der Waals surface area contributed by atoms with E-state index in [2.05, 4.69) is 4.98 Å². The van der Waals surface area contributed by atoms with Gasteiger partial charge in [0, 0.05) is 24.8 Å². The SMILES string of the molecule is Cc1cc(O)c([C@H](CC(C)(C)S(N)=O)C2CCN(C(=O)c3c[nH]c(=O)c(Cl)c3)CC2)c(F)c1Cl. The molecule has 34 heavy (non-hydrogen) atoms. The third-order valence-corrected chi connectivity index (χ3v) is 8.53. The van der Waals surface area contributed by atoms with E-state index in [-0.39, 0.29) is 45.2 Å². The van der Waals surface area contributed by atoms with Gasteiger partial charge < -0.3 is 15.0 Å². The average Bonchev–Trinajstić information content (AvgIpc) is 2.78. The van der Waals surface area contributed by atoms with Crippen molar-refractivity contribution in [2.75, 3.05) is 13.1 Å². The number of aromatic amines is 1. The van der Waals surface area contributed by atoms with E-state index in [1.165, 1.54) is 18.3 Å². The third kappa shape index (κ3) is 5.48. The molecule has 1 aromatic heterocycles. The van der Waals surface area contributed by atoms with Gasteiger partial charge in [-0.1, -0.05) is 23.2 Å². The number of rotatable bonds is 6. The predicted octanol–water partition coefficient (Wildman–Crippen LogP) is 4.26. The molecule has 0 aliphatic carbocycles. The highest BCUT2D eigenvalue weighted by atomic mass is 35.5. The normalized spacial score (nSPS) is 17.0. The molecule has 7 nitrogen and oxygen atoms in total. The number of halogens is 3. The minimum atomic E-state index is -1.68. The summed E-state index contributed by atoms with van der Waals surface area (Å²) in [5.74, 6) is -1.80. The molecule has 2 heterocycles. The molecule has 2 aromatic rings.